The Hall–Kier alpha value is -1.07. The smallest absolute Gasteiger partial charge is 0.323 e. The Kier molecular flexibility index (Phi) is 4.39. The number of thioether (sulfide) groups is 1. The van der Waals surface area contributed by atoms with Crippen LogP contribution < -0.4 is 5.32 Å². The molecule has 5 heteroatoms. The van der Waals surface area contributed by atoms with Crippen molar-refractivity contribution in [2.75, 3.05) is 12.9 Å². The van der Waals surface area contributed by atoms with E-state index in [1.54, 1.807) is 24.2 Å². The van der Waals surface area contributed by atoms with E-state index in [-0.39, 0.29) is 12.0 Å². The summed E-state index contributed by atoms with van der Waals surface area (Å²) in [5, 5.41) is 3.30. The van der Waals surface area contributed by atoms with Gasteiger partial charge >= 0.3 is 5.97 Å². The van der Waals surface area contributed by atoms with Crippen molar-refractivity contribution in [1.29, 1.82) is 0 Å². The number of aromatic nitrogens is 1. The highest BCUT2D eigenvalue weighted by Crippen LogP contribution is 2.22. The quantitative estimate of drug-likeness (QED) is 0.613. The number of pyridine rings is 1. The predicted molar refractivity (Wildman–Crippen MR) is 66.9 cm³/mol. The van der Waals surface area contributed by atoms with Crippen molar-refractivity contribution in [2.24, 2.45) is 0 Å². The molecule has 1 unspecified atom stereocenters. The minimum Gasteiger partial charge on any atom is -0.468 e. The Balaban J connectivity index is 1.86. The lowest BCUT2D eigenvalue weighted by molar-refractivity contribution is -0.142. The van der Waals surface area contributed by atoms with E-state index in [0.717, 1.165) is 17.7 Å². The van der Waals surface area contributed by atoms with Crippen LogP contribution in [0.15, 0.2) is 29.4 Å². The van der Waals surface area contributed by atoms with Crippen molar-refractivity contribution in [3.8, 4) is 0 Å². The van der Waals surface area contributed by atoms with Crippen LogP contribution in [0.3, 0.4) is 0 Å². The molecule has 0 amide bonds. The summed E-state index contributed by atoms with van der Waals surface area (Å²) < 4.78 is 4.80. The van der Waals surface area contributed by atoms with E-state index < -0.39 is 0 Å². The lowest BCUT2D eigenvalue weighted by atomic mass is 10.3. The third-order valence-electron chi connectivity index (χ3n) is 2.57. The van der Waals surface area contributed by atoms with Gasteiger partial charge in [-0.3, -0.25) is 9.78 Å². The zero-order chi connectivity index (χ0) is 12.1. The number of nitrogens with zero attached hydrogens (tertiary/aromatic N) is 1. The van der Waals surface area contributed by atoms with E-state index in [9.17, 15) is 4.79 Å². The van der Waals surface area contributed by atoms with Gasteiger partial charge in [-0.05, 0) is 25.0 Å². The van der Waals surface area contributed by atoms with Gasteiger partial charge in [0.05, 0.1) is 7.11 Å². The van der Waals surface area contributed by atoms with Crippen LogP contribution in [0.25, 0.3) is 0 Å². The molecule has 1 aromatic rings. The SMILES string of the molecule is COC(=O)C(CSc1ccncc1)NC1CC1. The monoisotopic (exact) mass is 252 g/mol. The average molecular weight is 252 g/mol. The first-order valence-electron chi connectivity index (χ1n) is 5.66. The molecule has 0 aromatic carbocycles. The summed E-state index contributed by atoms with van der Waals surface area (Å²) >= 11 is 1.64. The van der Waals surface area contributed by atoms with Crippen LogP contribution in [0.5, 0.6) is 0 Å². The van der Waals surface area contributed by atoms with Crippen molar-refractivity contribution >= 4 is 17.7 Å². The molecular formula is C12H16N2O2S. The summed E-state index contributed by atoms with van der Waals surface area (Å²) in [6.45, 7) is 0. The third kappa shape index (κ3) is 4.02. The van der Waals surface area contributed by atoms with Crippen molar-refractivity contribution in [3.05, 3.63) is 24.5 Å². The molecule has 1 atom stereocenters. The number of carbonyl (C=O) groups is 1. The van der Waals surface area contributed by atoms with Gasteiger partial charge in [0.1, 0.15) is 6.04 Å². The topological polar surface area (TPSA) is 51.2 Å². The minimum atomic E-state index is -0.217. The van der Waals surface area contributed by atoms with Gasteiger partial charge in [0.25, 0.3) is 0 Å². The number of rotatable bonds is 6. The van der Waals surface area contributed by atoms with Crippen molar-refractivity contribution < 1.29 is 9.53 Å². The second-order valence-electron chi connectivity index (χ2n) is 4.01. The molecule has 0 saturated heterocycles. The minimum absolute atomic E-state index is 0.182. The van der Waals surface area contributed by atoms with Crippen LogP contribution in [-0.4, -0.2) is 35.9 Å². The zero-order valence-electron chi connectivity index (χ0n) is 9.76. The van der Waals surface area contributed by atoms with Crippen LogP contribution in [0.1, 0.15) is 12.8 Å². The van der Waals surface area contributed by atoms with Crippen LogP contribution in [0.2, 0.25) is 0 Å². The van der Waals surface area contributed by atoms with Crippen LogP contribution >= 0.6 is 11.8 Å². The number of methoxy groups -OCH3 is 1. The van der Waals surface area contributed by atoms with Gasteiger partial charge in [-0.1, -0.05) is 0 Å². The van der Waals surface area contributed by atoms with Crippen molar-refractivity contribution in [3.63, 3.8) is 0 Å². The predicted octanol–water partition coefficient (Wildman–Crippen LogP) is 1.47. The summed E-state index contributed by atoms with van der Waals surface area (Å²) in [6, 6.07) is 4.16. The van der Waals surface area contributed by atoms with E-state index in [0.29, 0.717) is 11.8 Å². The lowest BCUT2D eigenvalue weighted by Gasteiger charge is -2.15. The molecular weight excluding hydrogens is 236 g/mol. The first kappa shape index (κ1) is 12.4. The molecule has 0 bridgehead atoms. The molecule has 1 aliphatic carbocycles. The molecule has 92 valence electrons. The molecule has 0 aliphatic heterocycles. The number of hydrogen-bond acceptors (Lipinski definition) is 5. The maximum Gasteiger partial charge on any atom is 0.323 e. The van der Waals surface area contributed by atoms with Gasteiger partial charge in [0.15, 0.2) is 0 Å². The van der Waals surface area contributed by atoms with Gasteiger partial charge in [0, 0.05) is 29.1 Å². The summed E-state index contributed by atoms with van der Waals surface area (Å²) in [5.41, 5.74) is 0. The Bertz CT molecular complexity index is 368. The van der Waals surface area contributed by atoms with Gasteiger partial charge < -0.3 is 10.1 Å². The summed E-state index contributed by atoms with van der Waals surface area (Å²) in [4.78, 5) is 16.7. The van der Waals surface area contributed by atoms with Crippen LogP contribution in [0.4, 0.5) is 0 Å². The van der Waals surface area contributed by atoms with Crippen LogP contribution in [-0.2, 0) is 9.53 Å². The highest BCUT2D eigenvalue weighted by molar-refractivity contribution is 7.99. The Labute approximate surface area is 105 Å². The second kappa shape index (κ2) is 6.02. The van der Waals surface area contributed by atoms with Gasteiger partial charge in [0.2, 0.25) is 0 Å². The number of hydrogen-bond donors (Lipinski definition) is 1. The van der Waals surface area contributed by atoms with Crippen molar-refractivity contribution in [1.82, 2.24) is 10.3 Å². The fourth-order valence-electron chi connectivity index (χ4n) is 1.47. The molecule has 0 radical (unpaired) electrons. The second-order valence-corrected chi connectivity index (χ2v) is 5.10. The Morgan fingerprint density at radius 1 is 1.59 bits per heavy atom. The highest BCUT2D eigenvalue weighted by atomic mass is 32.2. The van der Waals surface area contributed by atoms with Gasteiger partial charge in [-0.2, -0.15) is 0 Å². The maximum atomic E-state index is 11.6. The van der Waals surface area contributed by atoms with Gasteiger partial charge in [-0.15, -0.1) is 11.8 Å². The van der Waals surface area contributed by atoms with E-state index in [2.05, 4.69) is 10.3 Å². The van der Waals surface area contributed by atoms with Crippen molar-refractivity contribution in [2.45, 2.75) is 29.8 Å². The van der Waals surface area contributed by atoms with E-state index in [4.69, 9.17) is 4.74 Å². The number of esters is 1. The van der Waals surface area contributed by atoms with E-state index in [1.165, 1.54) is 7.11 Å². The van der Waals surface area contributed by atoms with Crippen LogP contribution in [0, 0.1) is 0 Å². The molecule has 1 aliphatic rings. The van der Waals surface area contributed by atoms with E-state index in [1.807, 2.05) is 12.1 Å². The third-order valence-corrected chi connectivity index (χ3v) is 3.67. The number of ether oxygens (including phenoxy) is 1. The summed E-state index contributed by atoms with van der Waals surface area (Å²) in [5.74, 6) is 0.506. The molecule has 1 heterocycles. The standard InChI is InChI=1S/C12H16N2O2S/c1-16-12(15)11(14-9-2-3-9)8-17-10-4-6-13-7-5-10/h4-7,9,11,14H,2-3,8H2,1H3. The Morgan fingerprint density at radius 3 is 2.88 bits per heavy atom. The lowest BCUT2D eigenvalue weighted by Crippen LogP contribution is -2.40. The maximum absolute atomic E-state index is 11.6. The first-order chi connectivity index (χ1) is 8.29. The first-order valence-corrected chi connectivity index (χ1v) is 6.65. The summed E-state index contributed by atoms with van der Waals surface area (Å²) in [7, 11) is 1.43. The molecule has 17 heavy (non-hydrogen) atoms. The molecule has 4 nitrogen and oxygen atoms in total. The zero-order valence-corrected chi connectivity index (χ0v) is 10.6. The molecule has 1 saturated carbocycles. The fourth-order valence-corrected chi connectivity index (χ4v) is 2.38. The molecule has 1 fully saturated rings. The largest absolute Gasteiger partial charge is 0.468 e. The summed E-state index contributed by atoms with van der Waals surface area (Å²) in [6.07, 6.45) is 5.83. The Morgan fingerprint density at radius 2 is 2.29 bits per heavy atom. The fraction of sp³-hybridized carbons (Fsp3) is 0.500. The highest BCUT2D eigenvalue weighted by Gasteiger charge is 2.28. The van der Waals surface area contributed by atoms with Gasteiger partial charge in [-0.25, -0.2) is 0 Å². The number of carbonyl (C=O) groups excluding carboxylic acids is 1. The molecule has 2 rings (SSSR count). The average Bonchev–Trinajstić information content (AvgIpc) is 3.18. The molecule has 1 aromatic heterocycles. The molecule has 1 N–H and O–H groups in total. The number of nitrogens with one attached hydrogen (secondary N) is 1. The molecule has 0 spiro atoms. The van der Waals surface area contributed by atoms with E-state index >= 15 is 0 Å². The normalized spacial score (nSPS) is 16.5.